The first-order valence-electron chi connectivity index (χ1n) is 6.11. The first-order valence-corrected chi connectivity index (χ1v) is 6.11. The summed E-state index contributed by atoms with van der Waals surface area (Å²) in [4.78, 5) is 10.9. The molecule has 2 heterocycles. The van der Waals surface area contributed by atoms with E-state index in [4.69, 9.17) is 14.3 Å². The summed E-state index contributed by atoms with van der Waals surface area (Å²) in [6, 6.07) is 1.76. The minimum absolute atomic E-state index is 0.0210. The first-order chi connectivity index (χ1) is 8.42. The van der Waals surface area contributed by atoms with E-state index in [1.807, 2.05) is 6.92 Å². The Morgan fingerprint density at radius 1 is 1.67 bits per heavy atom. The summed E-state index contributed by atoms with van der Waals surface area (Å²) in [7, 11) is 0. The Labute approximate surface area is 106 Å². The smallest absolute Gasteiger partial charge is 0.372 e. The molecule has 5 nitrogen and oxygen atoms in total. The fraction of sp³-hybridized carbons (Fsp3) is 0.615. The summed E-state index contributed by atoms with van der Waals surface area (Å²) in [6.45, 7) is 7.15. The third-order valence-corrected chi connectivity index (χ3v) is 3.72. The summed E-state index contributed by atoms with van der Waals surface area (Å²) in [5, 5.41) is 12.3. The van der Waals surface area contributed by atoms with Crippen molar-refractivity contribution in [3.05, 3.63) is 23.2 Å². The maximum absolute atomic E-state index is 10.9. The predicted octanol–water partition coefficient (Wildman–Crippen LogP) is 1.94. The summed E-state index contributed by atoms with van der Waals surface area (Å²) < 4.78 is 10.8. The third-order valence-electron chi connectivity index (χ3n) is 3.72. The van der Waals surface area contributed by atoms with Gasteiger partial charge in [0.15, 0.2) is 0 Å². The molecule has 1 fully saturated rings. The van der Waals surface area contributed by atoms with Crippen LogP contribution in [0.5, 0.6) is 0 Å². The van der Waals surface area contributed by atoms with Crippen LogP contribution in [-0.2, 0) is 11.3 Å². The van der Waals surface area contributed by atoms with Crippen molar-refractivity contribution in [1.29, 1.82) is 0 Å². The van der Waals surface area contributed by atoms with Gasteiger partial charge in [0.2, 0.25) is 5.76 Å². The zero-order chi connectivity index (χ0) is 13.3. The van der Waals surface area contributed by atoms with Gasteiger partial charge in [-0.1, -0.05) is 0 Å². The molecule has 0 saturated carbocycles. The quantitative estimate of drug-likeness (QED) is 0.858. The number of ether oxygens (including phenoxy) is 1. The molecule has 100 valence electrons. The lowest BCUT2D eigenvalue weighted by Gasteiger charge is -2.28. The maximum atomic E-state index is 10.9. The second kappa shape index (κ2) is 4.74. The van der Waals surface area contributed by atoms with Gasteiger partial charge in [-0.25, -0.2) is 4.79 Å². The van der Waals surface area contributed by atoms with Crippen LogP contribution in [-0.4, -0.2) is 29.3 Å². The molecule has 0 bridgehead atoms. The fourth-order valence-electron chi connectivity index (χ4n) is 2.20. The number of hydrogen-bond donors (Lipinski definition) is 2. The minimum atomic E-state index is -1.03. The van der Waals surface area contributed by atoms with Gasteiger partial charge in [-0.05, 0) is 33.3 Å². The molecule has 1 aliphatic heterocycles. The van der Waals surface area contributed by atoms with Crippen LogP contribution in [0.1, 0.15) is 42.1 Å². The van der Waals surface area contributed by atoms with Gasteiger partial charge in [0.05, 0.1) is 12.6 Å². The Bertz CT molecular complexity index is 454. The van der Waals surface area contributed by atoms with Crippen LogP contribution >= 0.6 is 0 Å². The molecule has 0 spiro atoms. The van der Waals surface area contributed by atoms with Crippen LogP contribution in [0.3, 0.4) is 0 Å². The van der Waals surface area contributed by atoms with Gasteiger partial charge in [0, 0.05) is 17.7 Å². The number of nitrogens with one attached hydrogen (secondary N) is 1. The van der Waals surface area contributed by atoms with Crippen molar-refractivity contribution in [3.63, 3.8) is 0 Å². The van der Waals surface area contributed by atoms with E-state index in [1.54, 1.807) is 13.0 Å². The zero-order valence-corrected chi connectivity index (χ0v) is 10.9. The molecule has 5 heteroatoms. The number of rotatable bonds is 4. The van der Waals surface area contributed by atoms with Crippen LogP contribution in [0, 0.1) is 6.92 Å². The number of aromatic carboxylic acids is 1. The second-order valence-corrected chi connectivity index (χ2v) is 5.06. The van der Waals surface area contributed by atoms with Crippen molar-refractivity contribution < 1.29 is 19.1 Å². The molecule has 0 aromatic carbocycles. The average Bonchev–Trinajstić information content (AvgIpc) is 2.82. The SMILES string of the molecule is Cc1cc(CNC2(C)CCOC2C)oc1C(=O)O. The molecular formula is C13H19NO4. The summed E-state index contributed by atoms with van der Waals surface area (Å²) in [5.41, 5.74) is 0.574. The number of carbonyl (C=O) groups is 1. The molecule has 0 amide bonds. The lowest BCUT2D eigenvalue weighted by molar-refractivity contribution is 0.0657. The van der Waals surface area contributed by atoms with Crippen molar-refractivity contribution in [2.45, 2.75) is 45.4 Å². The molecule has 1 aromatic rings. The van der Waals surface area contributed by atoms with Gasteiger partial charge >= 0.3 is 5.97 Å². The summed E-state index contributed by atoms with van der Waals surface area (Å²) >= 11 is 0. The first kappa shape index (κ1) is 13.1. The number of aryl methyl sites for hydroxylation is 1. The van der Waals surface area contributed by atoms with Gasteiger partial charge in [-0.15, -0.1) is 0 Å². The Kier molecular flexibility index (Phi) is 3.45. The topological polar surface area (TPSA) is 71.7 Å². The van der Waals surface area contributed by atoms with E-state index in [2.05, 4.69) is 12.2 Å². The number of carboxylic acids is 1. The van der Waals surface area contributed by atoms with Gasteiger partial charge < -0.3 is 19.6 Å². The Morgan fingerprint density at radius 3 is 2.89 bits per heavy atom. The number of hydrogen-bond acceptors (Lipinski definition) is 4. The van der Waals surface area contributed by atoms with Crippen molar-refractivity contribution in [2.75, 3.05) is 6.61 Å². The Balaban J connectivity index is 2.02. The normalized spacial score (nSPS) is 27.6. The van der Waals surface area contributed by atoms with Gasteiger partial charge in [0.25, 0.3) is 0 Å². The van der Waals surface area contributed by atoms with Crippen LogP contribution in [0.4, 0.5) is 0 Å². The molecule has 2 N–H and O–H groups in total. The van der Waals surface area contributed by atoms with E-state index >= 15 is 0 Å². The van der Waals surface area contributed by atoms with E-state index in [1.165, 1.54) is 0 Å². The Hall–Kier alpha value is -1.33. The van der Waals surface area contributed by atoms with Crippen LogP contribution < -0.4 is 5.32 Å². The minimum Gasteiger partial charge on any atom is -0.475 e. The molecule has 1 aromatic heterocycles. The van der Waals surface area contributed by atoms with Crippen LogP contribution in [0.25, 0.3) is 0 Å². The van der Waals surface area contributed by atoms with Crippen LogP contribution in [0.2, 0.25) is 0 Å². The lowest BCUT2D eigenvalue weighted by Crippen LogP contribution is -2.47. The predicted molar refractivity (Wildman–Crippen MR) is 65.7 cm³/mol. The highest BCUT2D eigenvalue weighted by atomic mass is 16.5. The molecule has 1 aliphatic rings. The van der Waals surface area contributed by atoms with Gasteiger partial charge in [-0.2, -0.15) is 0 Å². The highest BCUT2D eigenvalue weighted by Gasteiger charge is 2.36. The van der Waals surface area contributed by atoms with Crippen molar-refractivity contribution in [3.8, 4) is 0 Å². The summed E-state index contributed by atoms with van der Waals surface area (Å²) in [6.07, 6.45) is 1.09. The van der Waals surface area contributed by atoms with Gasteiger partial charge in [-0.3, -0.25) is 0 Å². The number of carboxylic acid groups (broad SMARTS) is 1. The van der Waals surface area contributed by atoms with Crippen molar-refractivity contribution in [1.82, 2.24) is 5.32 Å². The third kappa shape index (κ3) is 2.42. The van der Waals surface area contributed by atoms with Crippen LogP contribution in [0.15, 0.2) is 10.5 Å². The maximum Gasteiger partial charge on any atom is 0.372 e. The highest BCUT2D eigenvalue weighted by Crippen LogP contribution is 2.26. The Morgan fingerprint density at radius 2 is 2.39 bits per heavy atom. The molecule has 2 unspecified atom stereocenters. The number of furan rings is 1. The summed E-state index contributed by atoms with van der Waals surface area (Å²) in [5.74, 6) is -0.361. The van der Waals surface area contributed by atoms with Gasteiger partial charge in [0.1, 0.15) is 5.76 Å². The molecule has 0 radical (unpaired) electrons. The van der Waals surface area contributed by atoms with E-state index < -0.39 is 5.97 Å². The van der Waals surface area contributed by atoms with E-state index in [0.29, 0.717) is 17.9 Å². The van der Waals surface area contributed by atoms with E-state index in [-0.39, 0.29) is 17.4 Å². The molecule has 18 heavy (non-hydrogen) atoms. The fourth-order valence-corrected chi connectivity index (χ4v) is 2.20. The van der Waals surface area contributed by atoms with Crippen molar-refractivity contribution >= 4 is 5.97 Å². The zero-order valence-electron chi connectivity index (χ0n) is 10.9. The largest absolute Gasteiger partial charge is 0.475 e. The standard InChI is InChI=1S/C13H19NO4/c1-8-6-10(18-11(8)12(15)16)7-14-13(3)4-5-17-9(13)2/h6,9,14H,4-5,7H2,1-3H3,(H,15,16). The average molecular weight is 253 g/mol. The monoisotopic (exact) mass is 253 g/mol. The van der Waals surface area contributed by atoms with E-state index in [0.717, 1.165) is 13.0 Å². The molecule has 2 atom stereocenters. The lowest BCUT2D eigenvalue weighted by atomic mass is 9.95. The molecule has 2 rings (SSSR count). The molecule has 0 aliphatic carbocycles. The van der Waals surface area contributed by atoms with Crippen molar-refractivity contribution in [2.24, 2.45) is 0 Å². The molecular weight excluding hydrogens is 234 g/mol. The second-order valence-electron chi connectivity index (χ2n) is 5.06. The van der Waals surface area contributed by atoms with E-state index in [9.17, 15) is 4.79 Å². The molecule has 1 saturated heterocycles. The highest BCUT2D eigenvalue weighted by molar-refractivity contribution is 5.86.